The lowest BCUT2D eigenvalue weighted by molar-refractivity contribution is 0.102. The fraction of sp³-hybridized carbons (Fsp3) is 0.200. The van der Waals surface area contributed by atoms with Crippen LogP contribution in [0.3, 0.4) is 0 Å². The molecule has 0 aliphatic rings. The highest BCUT2D eigenvalue weighted by Gasteiger charge is 2.12. The van der Waals surface area contributed by atoms with Crippen molar-refractivity contribution < 1.29 is 4.79 Å². The standard InChI is InChI=1S/C10H10N2OS2/c1-2-9-8(6-15-12-9)10(13)11-7-3-4-14-5-7/h3-6H,2H2,1H3,(H,11,13). The van der Waals surface area contributed by atoms with Gasteiger partial charge in [-0.15, -0.1) is 0 Å². The van der Waals surface area contributed by atoms with Gasteiger partial charge in [-0.3, -0.25) is 4.79 Å². The van der Waals surface area contributed by atoms with Crippen LogP contribution in [-0.4, -0.2) is 10.3 Å². The summed E-state index contributed by atoms with van der Waals surface area (Å²) < 4.78 is 4.17. The molecule has 5 heteroatoms. The van der Waals surface area contributed by atoms with Crippen LogP contribution in [0.5, 0.6) is 0 Å². The highest BCUT2D eigenvalue weighted by molar-refractivity contribution is 7.08. The summed E-state index contributed by atoms with van der Waals surface area (Å²) in [5, 5.41) is 8.47. The first-order valence-electron chi connectivity index (χ1n) is 4.58. The molecule has 1 amide bonds. The van der Waals surface area contributed by atoms with Gasteiger partial charge in [0.1, 0.15) is 0 Å². The van der Waals surface area contributed by atoms with Crippen LogP contribution in [-0.2, 0) is 6.42 Å². The molecule has 0 radical (unpaired) electrons. The van der Waals surface area contributed by atoms with Gasteiger partial charge in [0.05, 0.1) is 16.9 Å². The lowest BCUT2D eigenvalue weighted by Gasteiger charge is -2.01. The molecule has 3 nitrogen and oxygen atoms in total. The molecule has 2 aromatic rings. The maximum Gasteiger partial charge on any atom is 0.258 e. The van der Waals surface area contributed by atoms with Crippen LogP contribution in [0.1, 0.15) is 23.0 Å². The number of rotatable bonds is 3. The highest BCUT2D eigenvalue weighted by Crippen LogP contribution is 2.16. The smallest absolute Gasteiger partial charge is 0.258 e. The number of hydrogen-bond acceptors (Lipinski definition) is 4. The average Bonchev–Trinajstić information content (AvgIpc) is 2.86. The molecular weight excluding hydrogens is 228 g/mol. The lowest BCUT2D eigenvalue weighted by atomic mass is 10.2. The van der Waals surface area contributed by atoms with Crippen LogP contribution in [0.25, 0.3) is 0 Å². The van der Waals surface area contributed by atoms with Crippen molar-refractivity contribution in [1.82, 2.24) is 4.37 Å². The van der Waals surface area contributed by atoms with Crippen LogP contribution in [0.2, 0.25) is 0 Å². The monoisotopic (exact) mass is 238 g/mol. The predicted octanol–water partition coefficient (Wildman–Crippen LogP) is 3.02. The lowest BCUT2D eigenvalue weighted by Crippen LogP contribution is -2.12. The van der Waals surface area contributed by atoms with E-state index < -0.39 is 0 Å². The Morgan fingerprint density at radius 3 is 3.07 bits per heavy atom. The molecule has 0 aliphatic carbocycles. The van der Waals surface area contributed by atoms with Gasteiger partial charge in [0, 0.05) is 10.8 Å². The normalized spacial score (nSPS) is 10.2. The maximum atomic E-state index is 11.8. The number of carbonyl (C=O) groups excluding carboxylic acids is 1. The number of hydrogen-bond donors (Lipinski definition) is 1. The van der Waals surface area contributed by atoms with Crippen LogP contribution in [0.15, 0.2) is 22.2 Å². The van der Waals surface area contributed by atoms with Gasteiger partial charge >= 0.3 is 0 Å². The van der Waals surface area contributed by atoms with E-state index >= 15 is 0 Å². The van der Waals surface area contributed by atoms with Crippen LogP contribution < -0.4 is 5.32 Å². The Morgan fingerprint density at radius 2 is 2.40 bits per heavy atom. The second-order valence-corrected chi connectivity index (χ2v) is 4.40. The summed E-state index contributed by atoms with van der Waals surface area (Å²) in [4.78, 5) is 11.8. The fourth-order valence-corrected chi connectivity index (χ4v) is 2.58. The number of thiophene rings is 1. The van der Waals surface area contributed by atoms with Gasteiger partial charge in [-0.2, -0.15) is 15.7 Å². The number of nitrogens with zero attached hydrogens (tertiary/aromatic N) is 1. The molecule has 0 unspecified atom stereocenters. The van der Waals surface area contributed by atoms with Crippen molar-refractivity contribution in [3.8, 4) is 0 Å². The van der Waals surface area contributed by atoms with Crippen molar-refractivity contribution in [1.29, 1.82) is 0 Å². The van der Waals surface area contributed by atoms with Gasteiger partial charge in [-0.05, 0) is 29.4 Å². The predicted molar refractivity (Wildman–Crippen MR) is 63.8 cm³/mol. The SMILES string of the molecule is CCc1nscc1C(=O)Nc1ccsc1. The van der Waals surface area contributed by atoms with Gasteiger partial charge < -0.3 is 5.32 Å². The van der Waals surface area contributed by atoms with Crippen LogP contribution in [0, 0.1) is 0 Å². The molecule has 2 aromatic heterocycles. The summed E-state index contributed by atoms with van der Waals surface area (Å²) in [6.07, 6.45) is 0.788. The molecule has 0 aliphatic heterocycles. The third-order valence-electron chi connectivity index (χ3n) is 2.00. The minimum Gasteiger partial charge on any atom is -0.321 e. The summed E-state index contributed by atoms with van der Waals surface area (Å²) in [5.41, 5.74) is 2.40. The Kier molecular flexibility index (Phi) is 3.13. The molecule has 0 bridgehead atoms. The van der Waals surface area contributed by atoms with Crippen molar-refractivity contribution in [2.45, 2.75) is 13.3 Å². The van der Waals surface area contributed by atoms with E-state index in [9.17, 15) is 4.79 Å². The molecule has 0 saturated heterocycles. The van der Waals surface area contributed by atoms with Gasteiger partial charge in [-0.25, -0.2) is 0 Å². The summed E-state index contributed by atoms with van der Waals surface area (Å²) in [6, 6.07) is 1.88. The summed E-state index contributed by atoms with van der Waals surface area (Å²) in [5.74, 6) is -0.0704. The second-order valence-electron chi connectivity index (χ2n) is 2.99. The Hall–Kier alpha value is -1.20. The third-order valence-corrected chi connectivity index (χ3v) is 3.35. The van der Waals surface area contributed by atoms with Crippen molar-refractivity contribution >= 4 is 34.5 Å². The van der Waals surface area contributed by atoms with E-state index in [2.05, 4.69) is 9.69 Å². The number of amides is 1. The van der Waals surface area contributed by atoms with Crippen molar-refractivity contribution in [2.24, 2.45) is 0 Å². The number of aromatic nitrogens is 1. The summed E-state index contributed by atoms with van der Waals surface area (Å²) >= 11 is 2.88. The molecule has 2 rings (SSSR count). The van der Waals surface area contributed by atoms with Gasteiger partial charge in [-0.1, -0.05) is 6.92 Å². The van der Waals surface area contributed by atoms with Crippen molar-refractivity contribution in [2.75, 3.05) is 5.32 Å². The second kappa shape index (κ2) is 4.55. The molecule has 0 atom stereocenters. The number of aryl methyl sites for hydroxylation is 1. The summed E-state index contributed by atoms with van der Waals surface area (Å²) in [7, 11) is 0. The zero-order valence-electron chi connectivity index (χ0n) is 8.19. The maximum absolute atomic E-state index is 11.8. The first-order chi connectivity index (χ1) is 7.31. The molecule has 0 aromatic carbocycles. The van der Waals surface area contributed by atoms with E-state index in [1.807, 2.05) is 23.8 Å². The zero-order chi connectivity index (χ0) is 10.7. The molecule has 0 saturated carbocycles. The molecule has 0 spiro atoms. The highest BCUT2D eigenvalue weighted by atomic mass is 32.1. The number of anilines is 1. The van der Waals surface area contributed by atoms with E-state index in [4.69, 9.17) is 0 Å². The van der Waals surface area contributed by atoms with Gasteiger partial charge in [0.15, 0.2) is 0 Å². The van der Waals surface area contributed by atoms with Crippen LogP contribution >= 0.6 is 22.9 Å². The van der Waals surface area contributed by atoms with Crippen LogP contribution in [0.4, 0.5) is 5.69 Å². The molecule has 1 N–H and O–H groups in total. The fourth-order valence-electron chi connectivity index (χ4n) is 1.23. The van der Waals surface area contributed by atoms with Gasteiger partial charge in [0.2, 0.25) is 0 Å². The molecule has 2 heterocycles. The quantitative estimate of drug-likeness (QED) is 0.893. The molecule has 78 valence electrons. The van der Waals surface area contributed by atoms with E-state index in [0.29, 0.717) is 5.56 Å². The first kappa shape index (κ1) is 10.3. The Labute approximate surface area is 95.9 Å². The first-order valence-corrected chi connectivity index (χ1v) is 6.36. The molecule has 15 heavy (non-hydrogen) atoms. The topological polar surface area (TPSA) is 42.0 Å². The van der Waals surface area contributed by atoms with E-state index in [1.54, 1.807) is 16.7 Å². The number of carbonyl (C=O) groups is 1. The Bertz CT molecular complexity index is 448. The zero-order valence-corrected chi connectivity index (χ0v) is 9.82. The van der Waals surface area contributed by atoms with E-state index in [-0.39, 0.29) is 5.91 Å². The summed E-state index contributed by atoms with van der Waals surface area (Å²) in [6.45, 7) is 2.00. The largest absolute Gasteiger partial charge is 0.321 e. The Balaban J connectivity index is 2.15. The minimum atomic E-state index is -0.0704. The number of nitrogens with one attached hydrogen (secondary N) is 1. The minimum absolute atomic E-state index is 0.0704. The van der Waals surface area contributed by atoms with Crippen molar-refractivity contribution in [3.63, 3.8) is 0 Å². The molecule has 0 fully saturated rings. The average molecular weight is 238 g/mol. The van der Waals surface area contributed by atoms with E-state index in [1.165, 1.54) is 11.5 Å². The molecular formula is C10H10N2OS2. The third kappa shape index (κ3) is 2.24. The van der Waals surface area contributed by atoms with Gasteiger partial charge in [0.25, 0.3) is 5.91 Å². The van der Waals surface area contributed by atoms with Crippen molar-refractivity contribution in [3.05, 3.63) is 33.5 Å². The Morgan fingerprint density at radius 1 is 1.53 bits per heavy atom. The van der Waals surface area contributed by atoms with E-state index in [0.717, 1.165) is 17.8 Å².